The molecule has 0 aliphatic carbocycles. The average molecular weight is 461 g/mol. The maximum Gasteiger partial charge on any atom is 0.271 e. The van der Waals surface area contributed by atoms with Crippen LogP contribution in [0.3, 0.4) is 0 Å². The van der Waals surface area contributed by atoms with E-state index in [1.54, 1.807) is 11.8 Å². The summed E-state index contributed by atoms with van der Waals surface area (Å²) in [6.07, 6.45) is 1.42. The Balaban J connectivity index is 1.59. The summed E-state index contributed by atoms with van der Waals surface area (Å²) in [6, 6.07) is 13.8. The molecule has 0 spiro atoms. The molecule has 0 atom stereocenters. The van der Waals surface area contributed by atoms with Gasteiger partial charge in [0.05, 0.1) is 22.4 Å². The first-order chi connectivity index (χ1) is 14.5. The van der Waals surface area contributed by atoms with Crippen molar-refractivity contribution in [1.82, 2.24) is 9.97 Å². The van der Waals surface area contributed by atoms with Gasteiger partial charge in [0.2, 0.25) is 5.28 Å². The number of thioether (sulfide) groups is 1. The third-order valence-corrected chi connectivity index (χ3v) is 5.29. The highest BCUT2D eigenvalue weighted by Gasteiger charge is 2.10. The van der Waals surface area contributed by atoms with Gasteiger partial charge in [0, 0.05) is 35.0 Å². The molecule has 1 heterocycles. The van der Waals surface area contributed by atoms with Gasteiger partial charge in [0.1, 0.15) is 11.1 Å². The number of rotatable bonds is 8. The maximum atomic E-state index is 10.9. The van der Waals surface area contributed by atoms with Crippen LogP contribution in [0, 0.1) is 21.4 Å². The number of nitrogens with zero attached hydrogens (tertiary/aromatic N) is 4. The molecule has 30 heavy (non-hydrogen) atoms. The Morgan fingerprint density at radius 3 is 2.83 bits per heavy atom. The highest BCUT2D eigenvalue weighted by molar-refractivity contribution is 7.99. The minimum absolute atomic E-state index is 0.0635. The second-order valence-corrected chi connectivity index (χ2v) is 7.78. The van der Waals surface area contributed by atoms with Crippen molar-refractivity contribution in [1.29, 1.82) is 5.26 Å². The van der Waals surface area contributed by atoms with E-state index < -0.39 is 4.92 Å². The quantitative estimate of drug-likeness (QED) is 0.148. The van der Waals surface area contributed by atoms with E-state index in [9.17, 15) is 15.4 Å². The fourth-order valence-corrected chi connectivity index (χ4v) is 3.57. The van der Waals surface area contributed by atoms with Crippen molar-refractivity contribution in [3.05, 3.63) is 74.6 Å². The first-order valence-electron chi connectivity index (χ1n) is 8.56. The second kappa shape index (κ2) is 10.1. The molecular formula is C19H14Cl2N6O2S. The first kappa shape index (κ1) is 21.6. The van der Waals surface area contributed by atoms with Gasteiger partial charge in [-0.15, -0.1) is 11.8 Å². The van der Waals surface area contributed by atoms with Gasteiger partial charge in [-0.1, -0.05) is 17.7 Å². The van der Waals surface area contributed by atoms with Crippen LogP contribution in [0.2, 0.25) is 10.3 Å². The SMILES string of the molecule is N#Cc1ccc([N+](=O)[O-])cc1NCCSc1cccc(Nc2nc(Cl)ncc2Cl)c1. The van der Waals surface area contributed by atoms with Crippen LogP contribution in [0.1, 0.15) is 5.56 Å². The van der Waals surface area contributed by atoms with Crippen molar-refractivity contribution in [3.63, 3.8) is 0 Å². The van der Waals surface area contributed by atoms with Crippen molar-refractivity contribution in [2.75, 3.05) is 22.9 Å². The summed E-state index contributed by atoms with van der Waals surface area (Å²) in [4.78, 5) is 19.3. The zero-order valence-corrected chi connectivity index (χ0v) is 17.6. The van der Waals surface area contributed by atoms with E-state index in [1.807, 2.05) is 30.3 Å². The summed E-state index contributed by atoms with van der Waals surface area (Å²) in [5, 5.41) is 26.7. The molecule has 1 aromatic heterocycles. The smallest absolute Gasteiger partial charge is 0.271 e. The molecule has 0 saturated heterocycles. The number of nitro benzene ring substituents is 1. The molecule has 3 aromatic rings. The number of nitrogens with one attached hydrogen (secondary N) is 2. The Kier molecular flexibility index (Phi) is 7.30. The average Bonchev–Trinajstić information content (AvgIpc) is 2.74. The summed E-state index contributed by atoms with van der Waals surface area (Å²) >= 11 is 13.5. The number of benzene rings is 2. The Morgan fingerprint density at radius 2 is 2.07 bits per heavy atom. The molecule has 0 saturated carbocycles. The van der Waals surface area contributed by atoms with Crippen molar-refractivity contribution in [3.8, 4) is 6.07 Å². The van der Waals surface area contributed by atoms with Gasteiger partial charge in [0.25, 0.3) is 5.69 Å². The zero-order valence-electron chi connectivity index (χ0n) is 15.3. The van der Waals surface area contributed by atoms with Crippen molar-refractivity contribution >= 4 is 57.8 Å². The van der Waals surface area contributed by atoms with Crippen LogP contribution in [0.4, 0.5) is 22.9 Å². The first-order valence-corrected chi connectivity index (χ1v) is 10.3. The number of nitro groups is 1. The second-order valence-electron chi connectivity index (χ2n) is 5.86. The summed E-state index contributed by atoms with van der Waals surface area (Å²) in [5.74, 6) is 1.09. The number of non-ortho nitro benzene ring substituents is 1. The van der Waals surface area contributed by atoms with Crippen LogP contribution in [0.25, 0.3) is 0 Å². The minimum atomic E-state index is -0.489. The maximum absolute atomic E-state index is 10.9. The van der Waals surface area contributed by atoms with Crippen LogP contribution in [0.15, 0.2) is 53.6 Å². The third-order valence-electron chi connectivity index (χ3n) is 3.83. The van der Waals surface area contributed by atoms with Crippen molar-refractivity contribution in [2.45, 2.75) is 4.90 Å². The fraction of sp³-hybridized carbons (Fsp3) is 0.105. The standard InChI is InChI=1S/C19H14Cl2N6O2S/c20-16-11-24-19(21)26-18(16)25-13-2-1-3-15(8-13)30-7-6-23-17-9-14(27(28)29)5-4-12(17)10-22/h1-5,8-9,11,23H,6-7H2,(H,24,25,26). The number of halogens is 2. The van der Waals surface area contributed by atoms with Crippen LogP contribution in [0.5, 0.6) is 0 Å². The molecule has 0 aliphatic rings. The number of hydrogen-bond acceptors (Lipinski definition) is 8. The number of aromatic nitrogens is 2. The highest BCUT2D eigenvalue weighted by Crippen LogP contribution is 2.27. The number of anilines is 3. The topological polar surface area (TPSA) is 117 Å². The van der Waals surface area contributed by atoms with E-state index in [0.29, 0.717) is 34.4 Å². The van der Waals surface area contributed by atoms with Gasteiger partial charge in [-0.2, -0.15) is 10.2 Å². The van der Waals surface area contributed by atoms with Gasteiger partial charge in [-0.25, -0.2) is 4.98 Å². The lowest BCUT2D eigenvalue weighted by atomic mass is 10.2. The molecule has 0 bridgehead atoms. The molecule has 152 valence electrons. The third kappa shape index (κ3) is 5.73. The van der Waals surface area contributed by atoms with Gasteiger partial charge in [0.15, 0.2) is 5.82 Å². The van der Waals surface area contributed by atoms with E-state index in [0.717, 1.165) is 10.6 Å². The molecule has 3 rings (SSSR count). The monoisotopic (exact) mass is 460 g/mol. The molecule has 0 radical (unpaired) electrons. The molecule has 2 aromatic carbocycles. The number of hydrogen-bond donors (Lipinski definition) is 2. The molecule has 8 nitrogen and oxygen atoms in total. The van der Waals surface area contributed by atoms with Crippen molar-refractivity contribution < 1.29 is 4.92 Å². The lowest BCUT2D eigenvalue weighted by Gasteiger charge is -2.10. The predicted molar refractivity (Wildman–Crippen MR) is 119 cm³/mol. The Morgan fingerprint density at radius 1 is 1.23 bits per heavy atom. The Labute approximate surface area is 186 Å². The van der Waals surface area contributed by atoms with E-state index in [1.165, 1.54) is 24.4 Å². The molecule has 0 amide bonds. The molecule has 0 unspecified atom stereocenters. The van der Waals surface area contributed by atoms with E-state index in [4.69, 9.17) is 23.2 Å². The summed E-state index contributed by atoms with van der Waals surface area (Å²) in [5.41, 5.74) is 1.52. The summed E-state index contributed by atoms with van der Waals surface area (Å²) in [7, 11) is 0. The Hall–Kier alpha value is -3.06. The van der Waals surface area contributed by atoms with Gasteiger partial charge >= 0.3 is 0 Å². The van der Waals surface area contributed by atoms with E-state index in [2.05, 4.69) is 20.6 Å². The molecular weight excluding hydrogens is 447 g/mol. The molecule has 0 fully saturated rings. The number of nitriles is 1. The summed E-state index contributed by atoms with van der Waals surface area (Å²) < 4.78 is 0. The molecule has 11 heteroatoms. The van der Waals surface area contributed by atoms with Crippen molar-refractivity contribution in [2.24, 2.45) is 0 Å². The predicted octanol–water partition coefficient (Wildman–Crippen LogP) is 5.51. The zero-order chi connectivity index (χ0) is 21.5. The minimum Gasteiger partial charge on any atom is -0.383 e. The van der Waals surface area contributed by atoms with Crippen LogP contribution >= 0.6 is 35.0 Å². The van der Waals surface area contributed by atoms with Crippen LogP contribution < -0.4 is 10.6 Å². The van der Waals surface area contributed by atoms with Gasteiger partial charge in [-0.05, 0) is 35.9 Å². The largest absolute Gasteiger partial charge is 0.383 e. The Bertz CT molecular complexity index is 1120. The van der Waals surface area contributed by atoms with Crippen LogP contribution in [-0.4, -0.2) is 27.2 Å². The lowest BCUT2D eigenvalue weighted by molar-refractivity contribution is -0.384. The molecule has 2 N–H and O–H groups in total. The van der Waals surface area contributed by atoms with Gasteiger partial charge < -0.3 is 10.6 Å². The molecule has 0 aliphatic heterocycles. The van der Waals surface area contributed by atoms with E-state index in [-0.39, 0.29) is 11.0 Å². The normalized spacial score (nSPS) is 10.3. The fourth-order valence-electron chi connectivity index (χ4n) is 2.48. The van der Waals surface area contributed by atoms with Crippen LogP contribution in [-0.2, 0) is 0 Å². The summed E-state index contributed by atoms with van der Waals surface area (Å²) in [6.45, 7) is 0.519. The van der Waals surface area contributed by atoms with E-state index >= 15 is 0 Å². The highest BCUT2D eigenvalue weighted by atomic mass is 35.5. The lowest BCUT2D eigenvalue weighted by Crippen LogP contribution is -2.06. The van der Waals surface area contributed by atoms with Gasteiger partial charge in [-0.3, -0.25) is 10.1 Å².